The van der Waals surface area contributed by atoms with Gasteiger partial charge in [-0.05, 0) is 0 Å². The number of carboxylic acids is 1. The minimum absolute atomic E-state index is 0.280. The van der Waals surface area contributed by atoms with E-state index in [2.05, 4.69) is 9.36 Å². The number of aromatic nitrogens is 2. The number of hydrogen-bond acceptors (Lipinski definition) is 6. The molecular formula is C10H15N3O2S2. The van der Waals surface area contributed by atoms with Gasteiger partial charge in [-0.3, -0.25) is 0 Å². The molecule has 1 unspecified atom stereocenters. The first kappa shape index (κ1) is 12.6. The zero-order valence-corrected chi connectivity index (χ0v) is 11.4. The van der Waals surface area contributed by atoms with Crippen LogP contribution in [0.3, 0.4) is 0 Å². The summed E-state index contributed by atoms with van der Waals surface area (Å²) in [7, 11) is 0. The highest BCUT2D eigenvalue weighted by molar-refractivity contribution is 7.99. The van der Waals surface area contributed by atoms with E-state index in [4.69, 9.17) is 0 Å². The van der Waals surface area contributed by atoms with Gasteiger partial charge in [0.25, 0.3) is 0 Å². The van der Waals surface area contributed by atoms with Crippen LogP contribution in [0.5, 0.6) is 0 Å². The Morgan fingerprint density at radius 2 is 2.35 bits per heavy atom. The SMILES string of the molecule is CC(C)c1nsc(N2CCSCC2C(=O)O)n1. The Kier molecular flexibility index (Phi) is 3.88. The van der Waals surface area contributed by atoms with Gasteiger partial charge in [-0.15, -0.1) is 0 Å². The maximum Gasteiger partial charge on any atom is 0.327 e. The van der Waals surface area contributed by atoms with Crippen LogP contribution in [0.2, 0.25) is 0 Å². The second kappa shape index (κ2) is 5.22. The molecule has 0 aliphatic carbocycles. The third-order valence-corrected chi connectivity index (χ3v) is 4.40. The van der Waals surface area contributed by atoms with Gasteiger partial charge in [-0.2, -0.15) is 16.1 Å². The van der Waals surface area contributed by atoms with Crippen LogP contribution in [0, 0.1) is 0 Å². The van der Waals surface area contributed by atoms with E-state index in [0.29, 0.717) is 5.75 Å². The van der Waals surface area contributed by atoms with Crippen LogP contribution in [0.15, 0.2) is 0 Å². The summed E-state index contributed by atoms with van der Waals surface area (Å²) in [6, 6.07) is -0.471. The van der Waals surface area contributed by atoms with Crippen molar-refractivity contribution in [3.63, 3.8) is 0 Å². The molecule has 1 saturated heterocycles. The summed E-state index contributed by atoms with van der Waals surface area (Å²) in [5, 5.41) is 9.92. The van der Waals surface area contributed by atoms with E-state index in [1.165, 1.54) is 11.5 Å². The van der Waals surface area contributed by atoms with Crippen LogP contribution in [0.4, 0.5) is 5.13 Å². The van der Waals surface area contributed by atoms with Gasteiger partial charge in [-0.1, -0.05) is 13.8 Å². The lowest BCUT2D eigenvalue weighted by Gasteiger charge is -2.31. The first-order valence-corrected chi connectivity index (χ1v) is 7.43. The molecule has 5 nitrogen and oxygen atoms in total. The summed E-state index contributed by atoms with van der Waals surface area (Å²) < 4.78 is 4.27. The molecule has 0 amide bonds. The van der Waals surface area contributed by atoms with Crippen molar-refractivity contribution in [2.75, 3.05) is 23.0 Å². The molecule has 2 heterocycles. The summed E-state index contributed by atoms with van der Waals surface area (Å²) in [6.45, 7) is 4.80. The molecule has 1 aromatic heterocycles. The predicted molar refractivity (Wildman–Crippen MR) is 70.1 cm³/mol. The lowest BCUT2D eigenvalue weighted by atomic mass is 10.2. The van der Waals surface area contributed by atoms with Crippen molar-refractivity contribution in [2.45, 2.75) is 25.8 Å². The summed E-state index contributed by atoms with van der Waals surface area (Å²) >= 11 is 2.97. The molecular weight excluding hydrogens is 258 g/mol. The maximum atomic E-state index is 11.2. The van der Waals surface area contributed by atoms with E-state index in [0.717, 1.165) is 23.3 Å². The summed E-state index contributed by atoms with van der Waals surface area (Å²) in [5.74, 6) is 1.86. The Hall–Kier alpha value is -0.820. The van der Waals surface area contributed by atoms with Gasteiger partial charge >= 0.3 is 5.97 Å². The summed E-state index contributed by atoms with van der Waals surface area (Å²) in [5.41, 5.74) is 0. The van der Waals surface area contributed by atoms with Crippen LogP contribution in [-0.2, 0) is 4.79 Å². The Morgan fingerprint density at radius 3 is 2.94 bits per heavy atom. The van der Waals surface area contributed by atoms with Gasteiger partial charge in [0.1, 0.15) is 11.9 Å². The number of anilines is 1. The molecule has 1 aromatic rings. The second-order valence-corrected chi connectivity index (χ2v) is 6.09. The maximum absolute atomic E-state index is 11.2. The molecule has 0 saturated carbocycles. The van der Waals surface area contributed by atoms with Crippen molar-refractivity contribution in [1.29, 1.82) is 0 Å². The highest BCUT2D eigenvalue weighted by Crippen LogP contribution is 2.27. The van der Waals surface area contributed by atoms with E-state index in [1.807, 2.05) is 18.7 Å². The van der Waals surface area contributed by atoms with Crippen molar-refractivity contribution in [3.8, 4) is 0 Å². The van der Waals surface area contributed by atoms with Crippen molar-refractivity contribution in [2.24, 2.45) is 0 Å². The fourth-order valence-electron chi connectivity index (χ4n) is 1.61. The van der Waals surface area contributed by atoms with E-state index in [9.17, 15) is 9.90 Å². The third-order valence-electron chi connectivity index (χ3n) is 2.61. The molecule has 1 N–H and O–H groups in total. The van der Waals surface area contributed by atoms with Crippen LogP contribution in [0.25, 0.3) is 0 Å². The normalized spacial score (nSPS) is 20.9. The zero-order chi connectivity index (χ0) is 12.4. The first-order valence-electron chi connectivity index (χ1n) is 5.50. The Bertz CT molecular complexity index is 408. The largest absolute Gasteiger partial charge is 0.480 e. The molecule has 1 aliphatic rings. The number of nitrogens with zero attached hydrogens (tertiary/aromatic N) is 3. The average molecular weight is 273 g/mol. The van der Waals surface area contributed by atoms with Gasteiger partial charge in [0, 0.05) is 35.5 Å². The average Bonchev–Trinajstić information content (AvgIpc) is 2.78. The number of rotatable bonds is 3. The topological polar surface area (TPSA) is 66.3 Å². The molecule has 1 fully saturated rings. The predicted octanol–water partition coefficient (Wildman–Crippen LogP) is 1.67. The quantitative estimate of drug-likeness (QED) is 0.903. The molecule has 0 aromatic carbocycles. The van der Waals surface area contributed by atoms with Crippen LogP contribution in [-0.4, -0.2) is 44.5 Å². The second-order valence-electron chi connectivity index (χ2n) is 4.21. The fourth-order valence-corrected chi connectivity index (χ4v) is 3.54. The van der Waals surface area contributed by atoms with Gasteiger partial charge in [-0.25, -0.2) is 9.78 Å². The Balaban J connectivity index is 2.20. The van der Waals surface area contributed by atoms with Gasteiger partial charge < -0.3 is 10.0 Å². The van der Waals surface area contributed by atoms with E-state index < -0.39 is 12.0 Å². The molecule has 0 spiro atoms. The lowest BCUT2D eigenvalue weighted by Crippen LogP contribution is -2.47. The van der Waals surface area contributed by atoms with E-state index in [1.54, 1.807) is 11.8 Å². The van der Waals surface area contributed by atoms with E-state index >= 15 is 0 Å². The minimum atomic E-state index is -0.779. The van der Waals surface area contributed by atoms with Crippen LogP contribution < -0.4 is 4.90 Å². The highest BCUT2D eigenvalue weighted by Gasteiger charge is 2.31. The zero-order valence-electron chi connectivity index (χ0n) is 9.79. The first-order chi connectivity index (χ1) is 8.09. The molecule has 1 aliphatic heterocycles. The van der Waals surface area contributed by atoms with Gasteiger partial charge in [0.15, 0.2) is 0 Å². The smallest absolute Gasteiger partial charge is 0.327 e. The highest BCUT2D eigenvalue weighted by atomic mass is 32.2. The molecule has 2 rings (SSSR count). The van der Waals surface area contributed by atoms with Crippen molar-refractivity contribution >= 4 is 34.4 Å². The molecule has 94 valence electrons. The monoisotopic (exact) mass is 273 g/mol. The summed E-state index contributed by atoms with van der Waals surface area (Å²) in [4.78, 5) is 17.5. The standard InChI is InChI=1S/C10H15N3O2S2/c1-6(2)8-11-10(17-12-8)13-3-4-16-5-7(13)9(14)15/h6-7H,3-5H2,1-2H3,(H,14,15). The molecule has 0 radical (unpaired) electrons. The summed E-state index contributed by atoms with van der Waals surface area (Å²) in [6.07, 6.45) is 0. The number of thioether (sulfide) groups is 1. The van der Waals surface area contributed by atoms with Crippen molar-refractivity contribution < 1.29 is 9.90 Å². The van der Waals surface area contributed by atoms with Gasteiger partial charge in [0.2, 0.25) is 5.13 Å². The number of hydrogen-bond donors (Lipinski definition) is 1. The molecule has 17 heavy (non-hydrogen) atoms. The molecule has 0 bridgehead atoms. The Labute approximate surface area is 108 Å². The molecule has 1 atom stereocenters. The van der Waals surface area contributed by atoms with Crippen molar-refractivity contribution in [1.82, 2.24) is 9.36 Å². The number of carboxylic acid groups (broad SMARTS) is 1. The van der Waals surface area contributed by atoms with Crippen LogP contribution in [0.1, 0.15) is 25.6 Å². The van der Waals surface area contributed by atoms with Gasteiger partial charge in [0.05, 0.1) is 0 Å². The Morgan fingerprint density at radius 1 is 1.59 bits per heavy atom. The van der Waals surface area contributed by atoms with Crippen LogP contribution >= 0.6 is 23.3 Å². The minimum Gasteiger partial charge on any atom is -0.480 e. The molecule has 7 heteroatoms. The fraction of sp³-hybridized carbons (Fsp3) is 0.700. The van der Waals surface area contributed by atoms with Crippen molar-refractivity contribution in [3.05, 3.63) is 5.82 Å². The van der Waals surface area contributed by atoms with E-state index in [-0.39, 0.29) is 5.92 Å². The number of aliphatic carboxylic acids is 1. The lowest BCUT2D eigenvalue weighted by molar-refractivity contribution is -0.138. The number of carbonyl (C=O) groups is 1. The third kappa shape index (κ3) is 2.71.